The monoisotopic (exact) mass is 330 g/mol. The van der Waals surface area contributed by atoms with Gasteiger partial charge in [-0.25, -0.2) is 0 Å². The van der Waals surface area contributed by atoms with Crippen LogP contribution < -0.4 is 10.1 Å². The van der Waals surface area contributed by atoms with Gasteiger partial charge in [0.2, 0.25) is 0 Å². The van der Waals surface area contributed by atoms with E-state index in [9.17, 15) is 0 Å². The Labute approximate surface area is 143 Å². The highest BCUT2D eigenvalue weighted by Crippen LogP contribution is 2.23. The summed E-state index contributed by atoms with van der Waals surface area (Å²) in [7, 11) is 3.68. The highest BCUT2D eigenvalue weighted by atomic mass is 16.5. The van der Waals surface area contributed by atoms with Gasteiger partial charge in [-0.15, -0.1) is 0 Å². The number of hydrogen-bond acceptors (Lipinski definition) is 5. The van der Waals surface area contributed by atoms with Crippen LogP contribution in [0.5, 0.6) is 5.75 Å². The third-order valence-corrected chi connectivity index (χ3v) is 4.56. The molecule has 0 unspecified atom stereocenters. The van der Waals surface area contributed by atoms with E-state index < -0.39 is 0 Å². The fourth-order valence-corrected chi connectivity index (χ4v) is 2.94. The number of methoxy groups -OCH3 is 1. The summed E-state index contributed by atoms with van der Waals surface area (Å²) in [6.45, 7) is 7.29. The lowest BCUT2D eigenvalue weighted by atomic mass is 10.1. The van der Waals surface area contributed by atoms with E-state index in [4.69, 9.17) is 9.47 Å². The second-order valence-electron chi connectivity index (χ2n) is 6.16. The molecule has 1 aliphatic heterocycles. The Kier molecular flexibility index (Phi) is 5.37. The first-order valence-electron chi connectivity index (χ1n) is 8.35. The fourth-order valence-electron chi connectivity index (χ4n) is 2.94. The molecular weight excluding hydrogens is 304 g/mol. The third kappa shape index (κ3) is 3.88. The first-order valence-corrected chi connectivity index (χ1v) is 8.35. The zero-order valence-corrected chi connectivity index (χ0v) is 14.7. The Morgan fingerprint density at radius 1 is 1.29 bits per heavy atom. The molecule has 0 spiro atoms. The minimum absolute atomic E-state index is 0.770. The lowest BCUT2D eigenvalue weighted by molar-refractivity contribution is 0.0339. The summed E-state index contributed by atoms with van der Waals surface area (Å²) in [4.78, 5) is 2.41. The quantitative estimate of drug-likeness (QED) is 0.880. The van der Waals surface area contributed by atoms with Crippen LogP contribution in [0.25, 0.3) is 0 Å². The number of aryl methyl sites for hydroxylation is 1. The van der Waals surface area contributed by atoms with Crippen molar-refractivity contribution < 1.29 is 9.47 Å². The molecule has 0 aliphatic carbocycles. The van der Waals surface area contributed by atoms with Crippen molar-refractivity contribution in [3.05, 3.63) is 41.2 Å². The maximum absolute atomic E-state index is 5.54. The van der Waals surface area contributed by atoms with E-state index in [1.807, 2.05) is 17.9 Å². The van der Waals surface area contributed by atoms with Gasteiger partial charge in [0.15, 0.2) is 0 Å². The average Bonchev–Trinajstić information content (AvgIpc) is 2.93. The molecular formula is C18H26N4O2. The topological polar surface area (TPSA) is 51.5 Å². The van der Waals surface area contributed by atoms with Crippen LogP contribution in [-0.4, -0.2) is 48.1 Å². The molecule has 1 N–H and O–H groups in total. The molecule has 0 bridgehead atoms. The van der Waals surface area contributed by atoms with Crippen LogP contribution in [0.1, 0.15) is 16.8 Å². The van der Waals surface area contributed by atoms with E-state index in [-0.39, 0.29) is 0 Å². The highest BCUT2D eigenvalue weighted by Gasteiger charge is 2.14. The van der Waals surface area contributed by atoms with Gasteiger partial charge < -0.3 is 14.8 Å². The molecule has 1 fully saturated rings. The third-order valence-electron chi connectivity index (χ3n) is 4.56. The maximum Gasteiger partial charge on any atom is 0.123 e. The normalized spacial score (nSPS) is 15.5. The number of benzene rings is 1. The molecule has 0 radical (unpaired) electrons. The van der Waals surface area contributed by atoms with Crippen molar-refractivity contribution in [3.8, 4) is 5.75 Å². The lowest BCUT2D eigenvalue weighted by Gasteiger charge is -2.27. The summed E-state index contributed by atoms with van der Waals surface area (Å²) in [6.07, 6.45) is 1.87. The lowest BCUT2D eigenvalue weighted by Crippen LogP contribution is -2.35. The molecule has 0 amide bonds. The van der Waals surface area contributed by atoms with Crippen molar-refractivity contribution in [2.45, 2.75) is 20.0 Å². The van der Waals surface area contributed by atoms with E-state index in [1.165, 1.54) is 11.1 Å². The Hall–Kier alpha value is -2.05. The number of nitrogens with one attached hydrogen (secondary N) is 1. The Morgan fingerprint density at radius 3 is 2.75 bits per heavy atom. The predicted octanol–water partition coefficient (Wildman–Crippen LogP) is 2.18. The molecule has 0 atom stereocenters. The summed E-state index contributed by atoms with van der Waals surface area (Å²) in [6, 6.07) is 6.40. The molecule has 2 heterocycles. The summed E-state index contributed by atoms with van der Waals surface area (Å²) in [5.74, 6) is 0.947. The number of morpholine rings is 1. The molecule has 1 aromatic heterocycles. The SMILES string of the molecule is COc1ccc(CNc2cnn(C)c2C)cc1CN1CCOCC1. The van der Waals surface area contributed by atoms with E-state index in [1.54, 1.807) is 7.11 Å². The Balaban J connectivity index is 1.69. The van der Waals surface area contributed by atoms with E-state index in [0.29, 0.717) is 0 Å². The average molecular weight is 330 g/mol. The second-order valence-corrected chi connectivity index (χ2v) is 6.16. The Morgan fingerprint density at radius 2 is 2.08 bits per heavy atom. The summed E-state index contributed by atoms with van der Waals surface area (Å²) in [5.41, 5.74) is 4.67. The largest absolute Gasteiger partial charge is 0.496 e. The molecule has 6 nitrogen and oxygen atoms in total. The van der Waals surface area contributed by atoms with E-state index in [2.05, 4.69) is 40.4 Å². The van der Waals surface area contributed by atoms with Gasteiger partial charge in [0, 0.05) is 38.8 Å². The van der Waals surface area contributed by atoms with Crippen molar-refractivity contribution in [2.24, 2.45) is 7.05 Å². The van der Waals surface area contributed by atoms with Crippen molar-refractivity contribution in [1.82, 2.24) is 14.7 Å². The van der Waals surface area contributed by atoms with Crippen molar-refractivity contribution in [3.63, 3.8) is 0 Å². The van der Waals surface area contributed by atoms with Crippen molar-refractivity contribution >= 4 is 5.69 Å². The zero-order valence-electron chi connectivity index (χ0n) is 14.7. The number of nitrogens with zero attached hydrogens (tertiary/aromatic N) is 3. The van der Waals surface area contributed by atoms with Gasteiger partial charge in [0.05, 0.1) is 37.9 Å². The molecule has 1 aromatic carbocycles. The van der Waals surface area contributed by atoms with Gasteiger partial charge in [-0.1, -0.05) is 6.07 Å². The standard InChI is InChI=1S/C18H26N4O2/c1-14-17(12-20-21(14)2)19-11-15-4-5-18(23-3)16(10-15)13-22-6-8-24-9-7-22/h4-5,10,12,19H,6-9,11,13H2,1-3H3. The maximum atomic E-state index is 5.54. The molecule has 1 aliphatic rings. The zero-order chi connectivity index (χ0) is 16.9. The smallest absolute Gasteiger partial charge is 0.123 e. The minimum atomic E-state index is 0.770. The predicted molar refractivity (Wildman–Crippen MR) is 94.4 cm³/mol. The summed E-state index contributed by atoms with van der Waals surface area (Å²) >= 11 is 0. The van der Waals surface area contributed by atoms with Gasteiger partial charge in [0.1, 0.15) is 5.75 Å². The van der Waals surface area contributed by atoms with Crippen molar-refractivity contribution in [1.29, 1.82) is 0 Å². The first kappa shape index (κ1) is 16.8. The van der Waals surface area contributed by atoms with E-state index >= 15 is 0 Å². The van der Waals surface area contributed by atoms with Crippen LogP contribution >= 0.6 is 0 Å². The Bertz CT molecular complexity index is 678. The van der Waals surface area contributed by atoms with Crippen LogP contribution in [0, 0.1) is 6.92 Å². The number of hydrogen-bond donors (Lipinski definition) is 1. The van der Waals surface area contributed by atoms with Gasteiger partial charge in [-0.05, 0) is 24.6 Å². The van der Waals surface area contributed by atoms with Crippen LogP contribution in [-0.2, 0) is 24.9 Å². The van der Waals surface area contributed by atoms with Gasteiger partial charge >= 0.3 is 0 Å². The van der Waals surface area contributed by atoms with E-state index in [0.717, 1.165) is 56.5 Å². The summed E-state index contributed by atoms with van der Waals surface area (Å²) in [5, 5.41) is 7.73. The summed E-state index contributed by atoms with van der Waals surface area (Å²) < 4.78 is 12.8. The van der Waals surface area contributed by atoms with Gasteiger partial charge in [-0.3, -0.25) is 9.58 Å². The molecule has 3 rings (SSSR count). The van der Waals surface area contributed by atoms with Gasteiger partial charge in [-0.2, -0.15) is 5.10 Å². The second kappa shape index (κ2) is 7.68. The molecule has 0 saturated carbocycles. The molecule has 2 aromatic rings. The highest BCUT2D eigenvalue weighted by molar-refractivity contribution is 5.47. The molecule has 130 valence electrons. The van der Waals surface area contributed by atoms with Crippen LogP contribution in [0.15, 0.2) is 24.4 Å². The number of ether oxygens (including phenoxy) is 2. The number of anilines is 1. The molecule has 6 heteroatoms. The van der Waals surface area contributed by atoms with Crippen LogP contribution in [0.4, 0.5) is 5.69 Å². The molecule has 1 saturated heterocycles. The van der Waals surface area contributed by atoms with Crippen LogP contribution in [0.2, 0.25) is 0 Å². The first-order chi connectivity index (χ1) is 11.7. The fraction of sp³-hybridized carbons (Fsp3) is 0.500. The van der Waals surface area contributed by atoms with Gasteiger partial charge in [0.25, 0.3) is 0 Å². The number of rotatable bonds is 6. The minimum Gasteiger partial charge on any atom is -0.496 e. The number of aromatic nitrogens is 2. The van der Waals surface area contributed by atoms with Crippen LogP contribution in [0.3, 0.4) is 0 Å². The van der Waals surface area contributed by atoms with Crippen molar-refractivity contribution in [2.75, 3.05) is 38.7 Å². The molecule has 24 heavy (non-hydrogen) atoms.